The molecule has 1 saturated heterocycles. The molecule has 0 saturated carbocycles. The summed E-state index contributed by atoms with van der Waals surface area (Å²) in [4.78, 5) is 25.5. The van der Waals surface area contributed by atoms with Crippen LogP contribution in [0.15, 0.2) is 57.9 Å². The number of anilines is 4. The minimum absolute atomic E-state index is 0.469. The highest BCUT2D eigenvalue weighted by molar-refractivity contribution is 5.78. The second-order valence-corrected chi connectivity index (χ2v) is 7.84. The van der Waals surface area contributed by atoms with Gasteiger partial charge in [0, 0.05) is 29.7 Å². The summed E-state index contributed by atoms with van der Waals surface area (Å²) in [5.74, 6) is 0.733. The van der Waals surface area contributed by atoms with Crippen molar-refractivity contribution in [2.75, 3.05) is 30.3 Å². The molecule has 0 spiro atoms. The number of benzene rings is 2. The first-order valence-corrected chi connectivity index (χ1v) is 10.4. The summed E-state index contributed by atoms with van der Waals surface area (Å²) < 4.78 is 5.05. The third kappa shape index (κ3) is 4.44. The Bertz CT molecular complexity index is 1260. The number of H-pyrrole nitrogens is 1. The van der Waals surface area contributed by atoms with Gasteiger partial charge in [-0.25, -0.2) is 9.78 Å². The Morgan fingerprint density at radius 2 is 1.90 bits per heavy atom. The standard InChI is InChI=1S/C23H24N6O2/c1-15-14-24-22(26-17-5-3-16(4-6-17)9-12-29-10-2-11-29)28-21(15)25-18-7-8-20-19(13-18)27-23(30)31-20/h3-8,13-14H,2,9-12H2,1H3,(H,27,30)(H2,24,25,26,28). The zero-order chi connectivity index (χ0) is 21.2. The van der Waals surface area contributed by atoms with Gasteiger partial charge in [0.2, 0.25) is 5.95 Å². The molecule has 4 aromatic rings. The van der Waals surface area contributed by atoms with E-state index in [0.29, 0.717) is 22.9 Å². The van der Waals surface area contributed by atoms with E-state index in [2.05, 4.69) is 54.8 Å². The molecule has 31 heavy (non-hydrogen) atoms. The topological polar surface area (TPSA) is 99.1 Å². The van der Waals surface area contributed by atoms with Gasteiger partial charge in [-0.05, 0) is 68.8 Å². The maximum Gasteiger partial charge on any atom is 0.417 e. The van der Waals surface area contributed by atoms with Crippen LogP contribution in [-0.4, -0.2) is 39.5 Å². The normalized spacial score (nSPS) is 13.8. The first kappa shape index (κ1) is 19.3. The van der Waals surface area contributed by atoms with Crippen molar-refractivity contribution in [3.8, 4) is 0 Å². The van der Waals surface area contributed by atoms with Crippen molar-refractivity contribution in [1.29, 1.82) is 0 Å². The number of nitrogens with zero attached hydrogens (tertiary/aromatic N) is 3. The molecule has 3 heterocycles. The van der Waals surface area contributed by atoms with Gasteiger partial charge < -0.3 is 20.0 Å². The first-order valence-electron chi connectivity index (χ1n) is 10.4. The number of hydrogen-bond acceptors (Lipinski definition) is 7. The summed E-state index contributed by atoms with van der Waals surface area (Å²) in [5.41, 5.74) is 5.13. The molecule has 8 heteroatoms. The predicted molar refractivity (Wildman–Crippen MR) is 121 cm³/mol. The average molecular weight is 416 g/mol. The number of aromatic amines is 1. The van der Waals surface area contributed by atoms with Crippen molar-refractivity contribution < 1.29 is 4.42 Å². The van der Waals surface area contributed by atoms with Crippen LogP contribution in [0, 0.1) is 6.92 Å². The minimum atomic E-state index is -0.469. The van der Waals surface area contributed by atoms with E-state index in [0.717, 1.165) is 29.9 Å². The summed E-state index contributed by atoms with van der Waals surface area (Å²) >= 11 is 0. The van der Waals surface area contributed by atoms with E-state index in [4.69, 9.17) is 4.42 Å². The average Bonchev–Trinajstić information content (AvgIpc) is 3.10. The van der Waals surface area contributed by atoms with Crippen molar-refractivity contribution in [1.82, 2.24) is 19.9 Å². The molecule has 0 amide bonds. The maximum absolute atomic E-state index is 11.4. The highest BCUT2D eigenvalue weighted by Crippen LogP contribution is 2.23. The van der Waals surface area contributed by atoms with Gasteiger partial charge in [0.25, 0.3) is 0 Å². The summed E-state index contributed by atoms with van der Waals surface area (Å²) in [6, 6.07) is 13.8. The molecule has 1 fully saturated rings. The molecule has 1 aliphatic heterocycles. The maximum atomic E-state index is 11.4. The van der Waals surface area contributed by atoms with Crippen molar-refractivity contribution in [3.63, 3.8) is 0 Å². The molecule has 5 rings (SSSR count). The van der Waals surface area contributed by atoms with Crippen LogP contribution in [0.3, 0.4) is 0 Å². The number of likely N-dealkylation sites (tertiary alicyclic amines) is 1. The SMILES string of the molecule is Cc1cnc(Nc2ccc(CCN3CCC3)cc2)nc1Nc1ccc2oc(=O)[nH]c2c1. The Hall–Kier alpha value is -3.65. The van der Waals surface area contributed by atoms with E-state index in [9.17, 15) is 4.79 Å². The fraction of sp³-hybridized carbons (Fsp3) is 0.261. The van der Waals surface area contributed by atoms with Crippen molar-refractivity contribution in [3.05, 3.63) is 70.3 Å². The lowest BCUT2D eigenvalue weighted by molar-refractivity contribution is 0.184. The van der Waals surface area contributed by atoms with E-state index in [1.807, 2.05) is 19.1 Å². The molecule has 0 radical (unpaired) electrons. The summed E-state index contributed by atoms with van der Waals surface area (Å²) in [6.07, 6.45) is 4.17. The third-order valence-electron chi connectivity index (χ3n) is 5.53. The Morgan fingerprint density at radius 3 is 2.68 bits per heavy atom. The van der Waals surface area contributed by atoms with Crippen molar-refractivity contribution in [2.24, 2.45) is 0 Å². The number of hydrogen-bond donors (Lipinski definition) is 3. The van der Waals surface area contributed by atoms with Gasteiger partial charge in [-0.15, -0.1) is 0 Å². The first-order chi connectivity index (χ1) is 15.1. The van der Waals surface area contributed by atoms with Crippen LogP contribution >= 0.6 is 0 Å². The Labute approximate surface area is 179 Å². The molecule has 0 bridgehead atoms. The molecule has 158 valence electrons. The third-order valence-corrected chi connectivity index (χ3v) is 5.53. The second-order valence-electron chi connectivity index (χ2n) is 7.84. The minimum Gasteiger partial charge on any atom is -0.408 e. The van der Waals surface area contributed by atoms with Gasteiger partial charge in [0.15, 0.2) is 5.58 Å². The van der Waals surface area contributed by atoms with Gasteiger partial charge in [-0.2, -0.15) is 4.98 Å². The van der Waals surface area contributed by atoms with E-state index < -0.39 is 5.76 Å². The molecular weight excluding hydrogens is 392 g/mol. The molecule has 3 N–H and O–H groups in total. The summed E-state index contributed by atoms with van der Waals surface area (Å²) in [7, 11) is 0. The molecule has 0 atom stereocenters. The van der Waals surface area contributed by atoms with Gasteiger partial charge in [-0.3, -0.25) is 4.98 Å². The lowest BCUT2D eigenvalue weighted by atomic mass is 10.1. The number of fused-ring (bicyclic) bond motifs is 1. The number of aryl methyl sites for hydroxylation is 1. The molecule has 2 aromatic carbocycles. The van der Waals surface area contributed by atoms with Crippen LogP contribution in [0.4, 0.5) is 23.1 Å². The van der Waals surface area contributed by atoms with Gasteiger partial charge in [0.05, 0.1) is 5.52 Å². The molecule has 1 aliphatic rings. The molecule has 8 nitrogen and oxygen atoms in total. The van der Waals surface area contributed by atoms with Gasteiger partial charge >= 0.3 is 5.76 Å². The fourth-order valence-corrected chi connectivity index (χ4v) is 3.57. The Balaban J connectivity index is 1.27. The van der Waals surface area contributed by atoms with Gasteiger partial charge in [-0.1, -0.05) is 12.1 Å². The fourth-order valence-electron chi connectivity index (χ4n) is 3.57. The zero-order valence-corrected chi connectivity index (χ0v) is 17.3. The number of nitrogens with one attached hydrogen (secondary N) is 3. The predicted octanol–water partition coefficient (Wildman–Crippen LogP) is 3.95. The summed E-state index contributed by atoms with van der Waals surface area (Å²) in [5, 5.41) is 6.56. The number of rotatable bonds is 7. The van der Waals surface area contributed by atoms with E-state index >= 15 is 0 Å². The molecular formula is C23H24N6O2. The van der Waals surface area contributed by atoms with Crippen LogP contribution in [-0.2, 0) is 6.42 Å². The van der Waals surface area contributed by atoms with Crippen LogP contribution < -0.4 is 16.4 Å². The van der Waals surface area contributed by atoms with E-state index in [-0.39, 0.29) is 0 Å². The van der Waals surface area contributed by atoms with Crippen molar-refractivity contribution >= 4 is 34.2 Å². The zero-order valence-electron chi connectivity index (χ0n) is 17.3. The lowest BCUT2D eigenvalue weighted by Crippen LogP contribution is -2.38. The Kier molecular flexibility index (Phi) is 5.13. The largest absolute Gasteiger partial charge is 0.417 e. The second kappa shape index (κ2) is 8.23. The quantitative estimate of drug-likeness (QED) is 0.419. The van der Waals surface area contributed by atoms with E-state index in [1.165, 1.54) is 25.1 Å². The molecule has 2 aromatic heterocycles. The summed E-state index contributed by atoms with van der Waals surface area (Å²) in [6.45, 7) is 5.53. The number of oxazole rings is 1. The monoisotopic (exact) mass is 416 g/mol. The molecule has 0 aliphatic carbocycles. The van der Waals surface area contributed by atoms with Crippen molar-refractivity contribution in [2.45, 2.75) is 19.8 Å². The van der Waals surface area contributed by atoms with Gasteiger partial charge in [0.1, 0.15) is 5.82 Å². The van der Waals surface area contributed by atoms with E-state index in [1.54, 1.807) is 12.3 Å². The highest BCUT2D eigenvalue weighted by Gasteiger charge is 2.12. The smallest absolute Gasteiger partial charge is 0.408 e. The van der Waals surface area contributed by atoms with Crippen LogP contribution in [0.1, 0.15) is 17.5 Å². The number of aromatic nitrogens is 3. The highest BCUT2D eigenvalue weighted by atomic mass is 16.4. The van der Waals surface area contributed by atoms with Crippen LogP contribution in [0.25, 0.3) is 11.1 Å². The molecule has 0 unspecified atom stereocenters. The lowest BCUT2D eigenvalue weighted by Gasteiger charge is -2.30. The van der Waals surface area contributed by atoms with Crippen LogP contribution in [0.5, 0.6) is 0 Å². The Morgan fingerprint density at radius 1 is 1.10 bits per heavy atom. The van der Waals surface area contributed by atoms with Crippen LogP contribution in [0.2, 0.25) is 0 Å².